The summed E-state index contributed by atoms with van der Waals surface area (Å²) >= 11 is 19.2. The minimum atomic E-state index is -0.489. The van der Waals surface area contributed by atoms with Crippen LogP contribution in [0.1, 0.15) is 21.7 Å². The predicted molar refractivity (Wildman–Crippen MR) is 140 cm³/mol. The molecular formula is C24H16Br2Cl2N2O4. The Labute approximate surface area is 222 Å². The first-order chi connectivity index (χ1) is 16.3. The van der Waals surface area contributed by atoms with Gasteiger partial charge in [0.2, 0.25) is 0 Å². The van der Waals surface area contributed by atoms with E-state index in [9.17, 15) is 4.79 Å². The van der Waals surface area contributed by atoms with Crippen molar-refractivity contribution in [1.29, 1.82) is 0 Å². The van der Waals surface area contributed by atoms with E-state index in [0.29, 0.717) is 39.3 Å². The number of ether oxygens (including phenoxy) is 2. The molecule has 3 aromatic carbocycles. The van der Waals surface area contributed by atoms with Crippen molar-refractivity contribution in [1.82, 2.24) is 5.43 Å². The second-order valence-electron chi connectivity index (χ2n) is 7.06. The lowest BCUT2D eigenvalue weighted by molar-refractivity contribution is 0.0929. The molecule has 34 heavy (non-hydrogen) atoms. The van der Waals surface area contributed by atoms with Gasteiger partial charge in [0.05, 0.1) is 22.8 Å². The maximum absolute atomic E-state index is 12.5. The zero-order valence-corrected chi connectivity index (χ0v) is 22.3. The van der Waals surface area contributed by atoms with Crippen molar-refractivity contribution in [3.8, 4) is 11.5 Å². The number of fused-ring (bicyclic) bond motifs is 1. The molecule has 0 saturated carbocycles. The van der Waals surface area contributed by atoms with Crippen LogP contribution in [0.5, 0.6) is 11.5 Å². The van der Waals surface area contributed by atoms with Crippen LogP contribution in [-0.4, -0.2) is 19.2 Å². The molecule has 1 N–H and O–H groups in total. The van der Waals surface area contributed by atoms with Crippen molar-refractivity contribution in [2.75, 3.05) is 7.11 Å². The predicted octanol–water partition coefficient (Wildman–Crippen LogP) is 7.62. The number of hydrogen-bond donors (Lipinski definition) is 1. The first-order valence-corrected chi connectivity index (χ1v) is 12.1. The molecule has 0 spiro atoms. The molecule has 1 heterocycles. The number of furan rings is 1. The van der Waals surface area contributed by atoms with Crippen molar-refractivity contribution in [2.24, 2.45) is 5.10 Å². The molecule has 1 amide bonds. The highest BCUT2D eigenvalue weighted by atomic mass is 79.9. The molecule has 10 heteroatoms. The number of halogens is 4. The number of carbonyl (C=O) groups is 1. The number of benzene rings is 3. The van der Waals surface area contributed by atoms with E-state index >= 15 is 0 Å². The fourth-order valence-corrected chi connectivity index (χ4v) is 4.84. The third-order valence-electron chi connectivity index (χ3n) is 4.69. The highest BCUT2D eigenvalue weighted by Crippen LogP contribution is 2.36. The van der Waals surface area contributed by atoms with Crippen LogP contribution in [0.25, 0.3) is 11.0 Å². The number of amides is 1. The summed E-state index contributed by atoms with van der Waals surface area (Å²) in [6.45, 7) is 0.293. The van der Waals surface area contributed by atoms with Gasteiger partial charge in [-0.05, 0) is 69.5 Å². The van der Waals surface area contributed by atoms with Gasteiger partial charge >= 0.3 is 5.91 Å². The van der Waals surface area contributed by atoms with Gasteiger partial charge in [0.25, 0.3) is 0 Å². The van der Waals surface area contributed by atoms with E-state index in [0.717, 1.165) is 19.9 Å². The number of hydrazone groups is 1. The van der Waals surface area contributed by atoms with Crippen molar-refractivity contribution in [3.63, 3.8) is 0 Å². The maximum Gasteiger partial charge on any atom is 0.307 e. The number of methoxy groups -OCH3 is 1. The van der Waals surface area contributed by atoms with E-state index in [2.05, 4.69) is 42.4 Å². The monoisotopic (exact) mass is 624 g/mol. The SMILES string of the molecule is COc1cc(/C=N\NC(=O)c2cc3cc(Br)cc(Br)c3o2)cc(Cl)c1OCc1ccc(Cl)cc1. The molecule has 0 unspecified atom stereocenters. The molecule has 6 nitrogen and oxygen atoms in total. The summed E-state index contributed by atoms with van der Waals surface area (Å²) in [6, 6.07) is 16.0. The Bertz CT molecular complexity index is 1390. The van der Waals surface area contributed by atoms with Crippen molar-refractivity contribution in [2.45, 2.75) is 6.61 Å². The number of nitrogens with one attached hydrogen (secondary N) is 1. The van der Waals surface area contributed by atoms with Gasteiger partial charge in [-0.1, -0.05) is 51.3 Å². The first kappa shape index (κ1) is 24.6. The number of hydrogen-bond acceptors (Lipinski definition) is 5. The minimum Gasteiger partial charge on any atom is -0.493 e. The van der Waals surface area contributed by atoms with Crippen molar-refractivity contribution < 1.29 is 18.7 Å². The summed E-state index contributed by atoms with van der Waals surface area (Å²) in [5.74, 6) is 0.477. The van der Waals surface area contributed by atoms with Crippen LogP contribution in [0.15, 0.2) is 73.1 Å². The lowest BCUT2D eigenvalue weighted by Gasteiger charge is -2.13. The van der Waals surface area contributed by atoms with E-state index in [1.807, 2.05) is 24.3 Å². The molecule has 0 bridgehead atoms. The van der Waals surface area contributed by atoms with Crippen LogP contribution in [0.4, 0.5) is 0 Å². The molecule has 0 atom stereocenters. The van der Waals surface area contributed by atoms with Crippen LogP contribution >= 0.6 is 55.1 Å². The fourth-order valence-electron chi connectivity index (χ4n) is 3.10. The third kappa shape index (κ3) is 5.75. The summed E-state index contributed by atoms with van der Waals surface area (Å²) < 4.78 is 18.5. The Hall–Kier alpha value is -2.52. The number of rotatable bonds is 7. The Morgan fingerprint density at radius 1 is 1.12 bits per heavy atom. The van der Waals surface area contributed by atoms with Gasteiger partial charge in [-0.3, -0.25) is 4.79 Å². The van der Waals surface area contributed by atoms with Crippen LogP contribution < -0.4 is 14.9 Å². The normalized spacial score (nSPS) is 11.2. The summed E-state index contributed by atoms with van der Waals surface area (Å²) in [5, 5.41) is 5.77. The molecule has 0 aliphatic carbocycles. The zero-order valence-electron chi connectivity index (χ0n) is 17.6. The highest BCUT2D eigenvalue weighted by molar-refractivity contribution is 9.11. The minimum absolute atomic E-state index is 0.132. The second-order valence-corrected chi connectivity index (χ2v) is 9.68. The topological polar surface area (TPSA) is 73.1 Å². The molecule has 174 valence electrons. The van der Waals surface area contributed by atoms with E-state index in [1.165, 1.54) is 13.3 Å². The third-order valence-corrected chi connectivity index (χ3v) is 6.27. The van der Waals surface area contributed by atoms with E-state index in [-0.39, 0.29) is 5.76 Å². The molecular weight excluding hydrogens is 611 g/mol. The fraction of sp³-hybridized carbons (Fsp3) is 0.0833. The average molecular weight is 627 g/mol. The van der Waals surface area contributed by atoms with E-state index in [4.69, 9.17) is 37.1 Å². The molecule has 0 fully saturated rings. The van der Waals surface area contributed by atoms with Crippen LogP contribution in [0, 0.1) is 0 Å². The van der Waals surface area contributed by atoms with Crippen LogP contribution in [0.3, 0.4) is 0 Å². The largest absolute Gasteiger partial charge is 0.493 e. The van der Waals surface area contributed by atoms with Gasteiger partial charge in [0.1, 0.15) is 12.2 Å². The highest BCUT2D eigenvalue weighted by Gasteiger charge is 2.15. The van der Waals surface area contributed by atoms with E-state index in [1.54, 1.807) is 30.3 Å². The molecule has 1 aromatic heterocycles. The number of carbonyl (C=O) groups excluding carboxylic acids is 1. The molecule has 4 aromatic rings. The standard InChI is InChI=1S/C24H16Br2Cl2N2O4/c1-32-20-7-14(6-19(28)23(20)33-12-13-2-4-17(27)5-3-13)11-29-30-24(31)21-9-15-8-16(25)10-18(26)22(15)34-21/h2-11H,12H2,1H3,(H,30,31)/b29-11-. The summed E-state index contributed by atoms with van der Waals surface area (Å²) in [6.07, 6.45) is 1.45. The average Bonchev–Trinajstić information content (AvgIpc) is 3.23. The molecule has 4 rings (SSSR count). The summed E-state index contributed by atoms with van der Waals surface area (Å²) in [5.41, 5.74) is 4.56. The Morgan fingerprint density at radius 3 is 2.62 bits per heavy atom. The van der Waals surface area contributed by atoms with E-state index < -0.39 is 5.91 Å². The number of nitrogens with zero attached hydrogens (tertiary/aromatic N) is 1. The Morgan fingerprint density at radius 2 is 1.88 bits per heavy atom. The molecule has 0 aliphatic rings. The molecule has 0 saturated heterocycles. The summed E-state index contributed by atoms with van der Waals surface area (Å²) in [4.78, 5) is 12.5. The van der Waals surface area contributed by atoms with Gasteiger partial charge in [-0.15, -0.1) is 0 Å². The van der Waals surface area contributed by atoms with Gasteiger partial charge in [-0.25, -0.2) is 5.43 Å². The van der Waals surface area contributed by atoms with Crippen molar-refractivity contribution in [3.05, 3.63) is 90.5 Å². The molecule has 0 aliphatic heterocycles. The first-order valence-electron chi connectivity index (χ1n) is 9.81. The van der Waals surface area contributed by atoms with Gasteiger partial charge in [-0.2, -0.15) is 5.10 Å². The zero-order chi connectivity index (χ0) is 24.2. The lowest BCUT2D eigenvalue weighted by atomic mass is 10.2. The maximum atomic E-state index is 12.5. The van der Waals surface area contributed by atoms with Crippen LogP contribution in [0.2, 0.25) is 10.0 Å². The Balaban J connectivity index is 1.45. The molecule has 0 radical (unpaired) electrons. The van der Waals surface area contributed by atoms with Crippen molar-refractivity contribution >= 4 is 78.2 Å². The van der Waals surface area contributed by atoms with Gasteiger partial charge < -0.3 is 13.9 Å². The quantitative estimate of drug-likeness (QED) is 0.169. The Kier molecular flexibility index (Phi) is 7.83. The van der Waals surface area contributed by atoms with Gasteiger partial charge in [0.15, 0.2) is 17.3 Å². The summed E-state index contributed by atoms with van der Waals surface area (Å²) in [7, 11) is 1.52. The smallest absolute Gasteiger partial charge is 0.307 e. The second kappa shape index (κ2) is 10.8. The lowest BCUT2D eigenvalue weighted by Crippen LogP contribution is -2.16. The van der Waals surface area contributed by atoms with Crippen LogP contribution in [-0.2, 0) is 6.61 Å². The van der Waals surface area contributed by atoms with Gasteiger partial charge in [0, 0.05) is 14.9 Å².